The van der Waals surface area contributed by atoms with E-state index >= 15 is 0 Å². The number of carboxylic acid groups (broad SMARTS) is 1. The minimum atomic E-state index is -1.01. The lowest BCUT2D eigenvalue weighted by Gasteiger charge is -2.07. The highest BCUT2D eigenvalue weighted by molar-refractivity contribution is 6.06. The maximum Gasteiger partial charge on any atom is 0.322 e. The number of nitrogens with zero attached hydrogens (tertiary/aromatic N) is 1. The molecule has 1 aromatic heterocycles. The van der Waals surface area contributed by atoms with E-state index in [2.05, 4.69) is 10.3 Å². The zero-order valence-electron chi connectivity index (χ0n) is 9.38. The van der Waals surface area contributed by atoms with Crippen molar-refractivity contribution < 1.29 is 14.7 Å². The molecule has 92 valence electrons. The Kier molecular flexibility index (Phi) is 3.09. The molecule has 0 aliphatic rings. The average molecular weight is 245 g/mol. The molecule has 1 aromatic carbocycles. The van der Waals surface area contributed by atoms with E-state index in [0.717, 1.165) is 0 Å². The molecule has 0 unspecified atom stereocenters. The van der Waals surface area contributed by atoms with Gasteiger partial charge >= 0.3 is 5.97 Å². The molecule has 2 aromatic rings. The van der Waals surface area contributed by atoms with Crippen molar-refractivity contribution in [1.29, 1.82) is 0 Å². The minimum Gasteiger partial charge on any atom is -0.480 e. The monoisotopic (exact) mass is 245 g/mol. The van der Waals surface area contributed by atoms with Gasteiger partial charge < -0.3 is 16.2 Å². The van der Waals surface area contributed by atoms with Crippen LogP contribution in [0.4, 0.5) is 5.82 Å². The first-order chi connectivity index (χ1) is 8.58. The lowest BCUT2D eigenvalue weighted by Crippen LogP contribution is -2.16. The number of hydrogen-bond acceptors (Lipinski definition) is 4. The van der Waals surface area contributed by atoms with Crippen LogP contribution in [0.15, 0.2) is 30.3 Å². The molecule has 0 atom stereocenters. The van der Waals surface area contributed by atoms with Crippen LogP contribution in [0.5, 0.6) is 0 Å². The van der Waals surface area contributed by atoms with Gasteiger partial charge in [0.1, 0.15) is 12.4 Å². The third-order valence-electron chi connectivity index (χ3n) is 2.40. The van der Waals surface area contributed by atoms with Crippen molar-refractivity contribution in [3.05, 3.63) is 35.9 Å². The van der Waals surface area contributed by atoms with E-state index in [0.29, 0.717) is 22.3 Å². The highest BCUT2D eigenvalue weighted by Crippen LogP contribution is 2.20. The number of anilines is 1. The van der Waals surface area contributed by atoms with Gasteiger partial charge in [-0.3, -0.25) is 9.59 Å². The Morgan fingerprint density at radius 2 is 2.06 bits per heavy atom. The molecule has 0 radical (unpaired) electrons. The van der Waals surface area contributed by atoms with Crippen molar-refractivity contribution in [1.82, 2.24) is 4.98 Å². The summed E-state index contributed by atoms with van der Waals surface area (Å²) >= 11 is 0. The van der Waals surface area contributed by atoms with E-state index in [1.165, 1.54) is 6.07 Å². The normalized spacial score (nSPS) is 10.2. The molecule has 0 fully saturated rings. The van der Waals surface area contributed by atoms with Crippen LogP contribution in [0.25, 0.3) is 10.9 Å². The zero-order chi connectivity index (χ0) is 13.1. The molecule has 6 heteroatoms. The number of nitrogens with one attached hydrogen (secondary N) is 1. The number of carbonyl (C=O) groups excluding carboxylic acids is 1. The molecule has 0 aliphatic carbocycles. The smallest absolute Gasteiger partial charge is 0.322 e. The summed E-state index contributed by atoms with van der Waals surface area (Å²) in [6.07, 6.45) is 0. The molecule has 18 heavy (non-hydrogen) atoms. The fourth-order valence-electron chi connectivity index (χ4n) is 1.64. The molecule has 0 saturated heterocycles. The van der Waals surface area contributed by atoms with Gasteiger partial charge in [0.25, 0.3) is 0 Å². The third-order valence-corrected chi connectivity index (χ3v) is 2.40. The van der Waals surface area contributed by atoms with E-state index in [4.69, 9.17) is 10.8 Å². The predicted molar refractivity (Wildman–Crippen MR) is 66.4 cm³/mol. The number of primary amides is 1. The summed E-state index contributed by atoms with van der Waals surface area (Å²) in [5.41, 5.74) is 6.19. The molecule has 6 nitrogen and oxygen atoms in total. The first-order valence-corrected chi connectivity index (χ1v) is 5.23. The number of nitrogens with two attached hydrogens (primary N) is 1. The number of carbonyl (C=O) groups is 2. The molecule has 0 spiro atoms. The summed E-state index contributed by atoms with van der Waals surface area (Å²) in [6.45, 7) is -0.274. The van der Waals surface area contributed by atoms with Crippen molar-refractivity contribution in [3.8, 4) is 0 Å². The van der Waals surface area contributed by atoms with Crippen LogP contribution in [-0.4, -0.2) is 28.5 Å². The highest BCUT2D eigenvalue weighted by Gasteiger charge is 2.10. The summed E-state index contributed by atoms with van der Waals surface area (Å²) in [5.74, 6) is -1.28. The van der Waals surface area contributed by atoms with Crippen LogP contribution >= 0.6 is 0 Å². The summed E-state index contributed by atoms with van der Waals surface area (Å²) in [5, 5.41) is 11.8. The molecule has 2 rings (SSSR count). The number of hydrogen-bond donors (Lipinski definition) is 3. The van der Waals surface area contributed by atoms with Crippen LogP contribution in [-0.2, 0) is 4.79 Å². The first kappa shape index (κ1) is 11.8. The molecule has 0 saturated carbocycles. The number of aromatic nitrogens is 1. The lowest BCUT2D eigenvalue weighted by atomic mass is 10.1. The van der Waals surface area contributed by atoms with E-state index < -0.39 is 11.9 Å². The van der Waals surface area contributed by atoms with Crippen LogP contribution in [0.2, 0.25) is 0 Å². The van der Waals surface area contributed by atoms with Crippen molar-refractivity contribution in [2.45, 2.75) is 0 Å². The number of benzene rings is 1. The Bertz CT molecular complexity index is 625. The Hall–Kier alpha value is -2.63. The summed E-state index contributed by atoms with van der Waals surface area (Å²) < 4.78 is 0. The zero-order valence-corrected chi connectivity index (χ0v) is 9.38. The van der Waals surface area contributed by atoms with Crippen molar-refractivity contribution in [3.63, 3.8) is 0 Å². The Balaban J connectivity index is 2.50. The Morgan fingerprint density at radius 1 is 1.33 bits per heavy atom. The van der Waals surface area contributed by atoms with Gasteiger partial charge in [0.15, 0.2) is 0 Å². The van der Waals surface area contributed by atoms with Gasteiger partial charge in [-0.15, -0.1) is 0 Å². The molecule has 0 aliphatic heterocycles. The number of amides is 1. The number of para-hydroxylation sites is 1. The fraction of sp³-hybridized carbons (Fsp3) is 0.0833. The number of pyridine rings is 1. The van der Waals surface area contributed by atoms with Gasteiger partial charge in [0.05, 0.1) is 11.1 Å². The third kappa shape index (κ3) is 2.37. The van der Waals surface area contributed by atoms with E-state index in [1.54, 1.807) is 24.3 Å². The molecule has 0 bridgehead atoms. The molecule has 1 heterocycles. The second-order valence-corrected chi connectivity index (χ2v) is 3.68. The second kappa shape index (κ2) is 4.70. The Morgan fingerprint density at radius 3 is 2.72 bits per heavy atom. The first-order valence-electron chi connectivity index (χ1n) is 5.23. The largest absolute Gasteiger partial charge is 0.480 e. The van der Waals surface area contributed by atoms with Crippen molar-refractivity contribution in [2.24, 2.45) is 5.73 Å². The summed E-state index contributed by atoms with van der Waals surface area (Å²) in [4.78, 5) is 26.0. The maximum atomic E-state index is 11.4. The average Bonchev–Trinajstić information content (AvgIpc) is 2.35. The van der Waals surface area contributed by atoms with Crippen LogP contribution < -0.4 is 11.1 Å². The molecular weight excluding hydrogens is 234 g/mol. The standard InChI is InChI=1S/C12H11N3O3/c13-12(18)8-5-10(14-6-11(16)17)15-9-4-2-1-3-7(8)9/h1-5H,6H2,(H2,13,18)(H,14,15)(H,16,17). The van der Waals surface area contributed by atoms with Crippen LogP contribution in [0.3, 0.4) is 0 Å². The predicted octanol–water partition coefficient (Wildman–Crippen LogP) is 0.830. The fourth-order valence-corrected chi connectivity index (χ4v) is 1.64. The van der Waals surface area contributed by atoms with Gasteiger partial charge in [-0.05, 0) is 12.1 Å². The van der Waals surface area contributed by atoms with Crippen LogP contribution in [0.1, 0.15) is 10.4 Å². The maximum absolute atomic E-state index is 11.4. The molecular formula is C12H11N3O3. The van der Waals surface area contributed by atoms with Gasteiger partial charge in [-0.2, -0.15) is 0 Å². The van der Waals surface area contributed by atoms with E-state index in [-0.39, 0.29) is 6.54 Å². The van der Waals surface area contributed by atoms with Crippen molar-refractivity contribution >= 4 is 28.6 Å². The van der Waals surface area contributed by atoms with E-state index in [9.17, 15) is 9.59 Å². The SMILES string of the molecule is NC(=O)c1cc(NCC(=O)O)nc2ccccc12. The van der Waals surface area contributed by atoms with Gasteiger partial charge in [0, 0.05) is 5.39 Å². The number of fused-ring (bicyclic) bond motifs is 1. The topological polar surface area (TPSA) is 105 Å². The van der Waals surface area contributed by atoms with Gasteiger partial charge in [0.2, 0.25) is 5.91 Å². The number of aliphatic carboxylic acids is 1. The van der Waals surface area contributed by atoms with E-state index in [1.807, 2.05) is 0 Å². The van der Waals surface area contributed by atoms with Crippen LogP contribution in [0, 0.1) is 0 Å². The summed E-state index contributed by atoms with van der Waals surface area (Å²) in [6, 6.07) is 8.48. The molecule has 1 amide bonds. The quantitative estimate of drug-likeness (QED) is 0.739. The van der Waals surface area contributed by atoms with Gasteiger partial charge in [-0.1, -0.05) is 18.2 Å². The number of carboxylic acids is 1. The molecule has 4 N–H and O–H groups in total. The van der Waals surface area contributed by atoms with Gasteiger partial charge in [-0.25, -0.2) is 4.98 Å². The highest BCUT2D eigenvalue weighted by atomic mass is 16.4. The lowest BCUT2D eigenvalue weighted by molar-refractivity contribution is -0.134. The Labute approximate surface area is 102 Å². The summed E-state index contributed by atoms with van der Waals surface area (Å²) in [7, 11) is 0. The number of rotatable bonds is 4. The van der Waals surface area contributed by atoms with Crippen molar-refractivity contribution in [2.75, 3.05) is 11.9 Å². The minimum absolute atomic E-state index is 0.274. The second-order valence-electron chi connectivity index (χ2n) is 3.68.